The van der Waals surface area contributed by atoms with Crippen LogP contribution in [-0.4, -0.2) is 25.4 Å². The second-order valence-corrected chi connectivity index (χ2v) is 8.70. The topological polar surface area (TPSA) is 27.7 Å². The third-order valence-corrected chi connectivity index (χ3v) is 6.29. The van der Waals surface area contributed by atoms with Crippen LogP contribution >= 0.6 is 0 Å². The largest absolute Gasteiger partial charge is 0.379 e. The zero-order valence-electron chi connectivity index (χ0n) is 18.2. The fourth-order valence-electron chi connectivity index (χ4n) is 4.59. The lowest BCUT2D eigenvalue weighted by atomic mass is 9.90. The molecule has 3 nitrogen and oxygen atoms in total. The van der Waals surface area contributed by atoms with Crippen molar-refractivity contribution in [1.82, 2.24) is 0 Å². The minimum absolute atomic E-state index is 0.130. The van der Waals surface area contributed by atoms with Crippen molar-refractivity contribution in [3.8, 4) is 0 Å². The predicted octanol–water partition coefficient (Wildman–Crippen LogP) is 6.98. The third-order valence-electron chi connectivity index (χ3n) is 6.29. The van der Waals surface area contributed by atoms with E-state index >= 15 is 0 Å². The fraction of sp³-hybridized carbons (Fsp3) is 0.692. The number of benzene rings is 1. The van der Waals surface area contributed by atoms with Crippen LogP contribution in [0.5, 0.6) is 0 Å². The summed E-state index contributed by atoms with van der Waals surface area (Å²) in [7, 11) is 0. The van der Waals surface area contributed by atoms with Crippen LogP contribution in [0.4, 0.5) is 0 Å². The Morgan fingerprint density at radius 2 is 1.52 bits per heavy atom. The van der Waals surface area contributed by atoms with Gasteiger partial charge in [0.05, 0.1) is 18.8 Å². The molecule has 2 fully saturated rings. The Bertz CT molecular complexity index is 494. The van der Waals surface area contributed by atoms with E-state index in [2.05, 4.69) is 37.3 Å². The highest BCUT2D eigenvalue weighted by Crippen LogP contribution is 2.32. The van der Waals surface area contributed by atoms with Gasteiger partial charge in [0.15, 0.2) is 0 Å². The first-order chi connectivity index (χ1) is 14.3. The molecule has 0 aliphatic carbocycles. The highest BCUT2D eigenvalue weighted by Gasteiger charge is 2.26. The van der Waals surface area contributed by atoms with Crippen LogP contribution in [0, 0.1) is 13.2 Å². The molecule has 3 rings (SSSR count). The second-order valence-electron chi connectivity index (χ2n) is 8.70. The lowest BCUT2D eigenvalue weighted by Gasteiger charge is -2.28. The Morgan fingerprint density at radius 1 is 0.828 bits per heavy atom. The van der Waals surface area contributed by atoms with Crippen molar-refractivity contribution < 1.29 is 14.2 Å². The van der Waals surface area contributed by atoms with Crippen molar-refractivity contribution in [3.63, 3.8) is 0 Å². The summed E-state index contributed by atoms with van der Waals surface area (Å²) in [5, 5.41) is 0. The lowest BCUT2D eigenvalue weighted by Crippen LogP contribution is -2.26. The fourth-order valence-corrected chi connectivity index (χ4v) is 4.59. The predicted molar refractivity (Wildman–Crippen MR) is 118 cm³/mol. The zero-order valence-corrected chi connectivity index (χ0v) is 18.2. The molecule has 2 radical (unpaired) electrons. The second kappa shape index (κ2) is 13.4. The number of ether oxygens (including phenoxy) is 3. The summed E-state index contributed by atoms with van der Waals surface area (Å²) in [6, 6.07) is 10.8. The molecule has 0 spiro atoms. The highest BCUT2D eigenvalue weighted by molar-refractivity contribution is 5.19. The van der Waals surface area contributed by atoms with Crippen LogP contribution in [0.1, 0.15) is 95.0 Å². The number of fused-ring (bicyclic) bond motifs is 4. The van der Waals surface area contributed by atoms with Gasteiger partial charge < -0.3 is 14.2 Å². The summed E-state index contributed by atoms with van der Waals surface area (Å²) in [5.41, 5.74) is 1.41. The van der Waals surface area contributed by atoms with E-state index < -0.39 is 0 Å². The van der Waals surface area contributed by atoms with Gasteiger partial charge in [-0.1, -0.05) is 69.4 Å². The molecule has 2 saturated heterocycles. The van der Waals surface area contributed by atoms with Gasteiger partial charge in [-0.2, -0.15) is 0 Å². The molecule has 29 heavy (non-hydrogen) atoms. The molecule has 1 aromatic rings. The van der Waals surface area contributed by atoms with E-state index in [1.54, 1.807) is 0 Å². The molecule has 0 amide bonds. The molecule has 2 aliphatic rings. The molecule has 0 saturated carbocycles. The Morgan fingerprint density at radius 3 is 2.28 bits per heavy atom. The van der Waals surface area contributed by atoms with E-state index in [-0.39, 0.29) is 6.10 Å². The Balaban J connectivity index is 1.67. The molecule has 3 atom stereocenters. The van der Waals surface area contributed by atoms with Crippen LogP contribution < -0.4 is 0 Å². The molecule has 0 N–H and O–H groups in total. The van der Waals surface area contributed by atoms with Crippen molar-refractivity contribution in [2.75, 3.05) is 13.2 Å². The van der Waals surface area contributed by atoms with Gasteiger partial charge in [0, 0.05) is 13.0 Å². The molecule has 2 aliphatic heterocycles. The summed E-state index contributed by atoms with van der Waals surface area (Å²) in [4.78, 5) is 0. The Labute approximate surface area is 178 Å². The molecule has 3 unspecified atom stereocenters. The quantitative estimate of drug-likeness (QED) is 0.515. The van der Waals surface area contributed by atoms with E-state index in [4.69, 9.17) is 14.2 Å². The van der Waals surface area contributed by atoms with E-state index in [0.717, 1.165) is 64.3 Å². The molecule has 2 heterocycles. The van der Waals surface area contributed by atoms with Crippen LogP contribution in [0.25, 0.3) is 0 Å². The van der Waals surface area contributed by atoms with Crippen molar-refractivity contribution in [3.05, 3.63) is 49.1 Å². The molecule has 3 heteroatoms. The van der Waals surface area contributed by atoms with Crippen molar-refractivity contribution in [2.45, 2.75) is 102 Å². The van der Waals surface area contributed by atoms with Gasteiger partial charge in [0.1, 0.15) is 0 Å². The van der Waals surface area contributed by atoms with Gasteiger partial charge in [0.2, 0.25) is 6.29 Å². The molecule has 2 bridgehead atoms. The SMILES string of the molecule is [CH2]CCC(CC[C]1OC2CCCCCCC(COCCCC2)O1)c1ccccc1. The van der Waals surface area contributed by atoms with Crippen molar-refractivity contribution in [2.24, 2.45) is 0 Å². The summed E-state index contributed by atoms with van der Waals surface area (Å²) in [6.07, 6.45) is 16.0. The zero-order chi connectivity index (χ0) is 20.2. The van der Waals surface area contributed by atoms with Crippen LogP contribution in [-0.2, 0) is 14.2 Å². The summed E-state index contributed by atoms with van der Waals surface area (Å²) >= 11 is 0. The van der Waals surface area contributed by atoms with Gasteiger partial charge in [-0.3, -0.25) is 0 Å². The first-order valence-corrected chi connectivity index (χ1v) is 12.0. The van der Waals surface area contributed by atoms with Gasteiger partial charge in [-0.15, -0.1) is 0 Å². The summed E-state index contributed by atoms with van der Waals surface area (Å²) in [5.74, 6) is 0.510. The molecule has 0 aromatic heterocycles. The van der Waals surface area contributed by atoms with Crippen molar-refractivity contribution >= 4 is 0 Å². The van der Waals surface area contributed by atoms with Gasteiger partial charge in [-0.05, 0) is 56.4 Å². The third kappa shape index (κ3) is 8.39. The van der Waals surface area contributed by atoms with Crippen molar-refractivity contribution in [1.29, 1.82) is 0 Å². The first kappa shape index (κ1) is 22.8. The van der Waals surface area contributed by atoms with E-state index in [1.807, 2.05) is 0 Å². The van der Waals surface area contributed by atoms with E-state index in [0.29, 0.717) is 18.6 Å². The molecular formula is C26H40O3. The van der Waals surface area contributed by atoms with Gasteiger partial charge >= 0.3 is 0 Å². The van der Waals surface area contributed by atoms with Crippen LogP contribution in [0.3, 0.4) is 0 Å². The standard InChI is InChI=1S/C26H40O3/c1-2-12-22(23-13-6-5-7-14-23)18-19-26-28-24-15-8-3-4-9-17-25(29-26)21-27-20-11-10-16-24/h5-7,13-14,22,24-25H,1-4,8-12,15-21H2. The maximum Gasteiger partial charge on any atom is 0.224 e. The smallest absolute Gasteiger partial charge is 0.224 e. The average molecular weight is 401 g/mol. The Kier molecular flexibility index (Phi) is 10.5. The molecule has 162 valence electrons. The number of rotatable bonds is 6. The van der Waals surface area contributed by atoms with Crippen LogP contribution in [0.2, 0.25) is 0 Å². The maximum atomic E-state index is 6.53. The van der Waals surface area contributed by atoms with Crippen LogP contribution in [0.15, 0.2) is 30.3 Å². The summed E-state index contributed by atoms with van der Waals surface area (Å²) in [6.45, 7) is 5.64. The summed E-state index contributed by atoms with van der Waals surface area (Å²) < 4.78 is 18.9. The van der Waals surface area contributed by atoms with E-state index in [1.165, 1.54) is 37.7 Å². The Hall–Kier alpha value is -0.900. The number of hydrogen-bond acceptors (Lipinski definition) is 3. The minimum Gasteiger partial charge on any atom is -0.379 e. The average Bonchev–Trinajstić information content (AvgIpc) is 2.82. The first-order valence-electron chi connectivity index (χ1n) is 12.0. The maximum absolute atomic E-state index is 6.53. The molecular weight excluding hydrogens is 360 g/mol. The number of hydrogen-bond donors (Lipinski definition) is 0. The lowest BCUT2D eigenvalue weighted by molar-refractivity contribution is -0.129. The normalized spacial score (nSPS) is 26.5. The molecule has 1 aromatic carbocycles. The van der Waals surface area contributed by atoms with E-state index in [9.17, 15) is 0 Å². The van der Waals surface area contributed by atoms with Gasteiger partial charge in [-0.25, -0.2) is 0 Å². The highest BCUT2D eigenvalue weighted by atomic mass is 16.7. The van der Waals surface area contributed by atoms with Gasteiger partial charge in [0.25, 0.3) is 0 Å². The monoisotopic (exact) mass is 400 g/mol. The minimum atomic E-state index is 0.130.